The maximum Gasteiger partial charge on any atom is 0.272 e. The lowest BCUT2D eigenvalue weighted by atomic mass is 10.1. The molecule has 0 unspecified atom stereocenters. The van der Waals surface area contributed by atoms with Crippen LogP contribution in [0.3, 0.4) is 0 Å². The normalized spacial score (nSPS) is 11.4. The van der Waals surface area contributed by atoms with E-state index in [1.165, 1.54) is 23.1 Å². The van der Waals surface area contributed by atoms with E-state index in [0.29, 0.717) is 45.3 Å². The number of nitrogens with one attached hydrogen (secondary N) is 1. The third-order valence-electron chi connectivity index (χ3n) is 5.13. The van der Waals surface area contributed by atoms with Crippen molar-refractivity contribution in [2.45, 2.75) is 32.0 Å². The van der Waals surface area contributed by atoms with Crippen LogP contribution in [0.1, 0.15) is 20.3 Å². The standard InChI is InChI=1S/C22H25N5O4S2/c1-13(2)7-9-26-20(29)19-16(8-10-32-19)27-21(26)24-25-22(27)33-12-18(28)23-15-11-14(30-3)5-6-17(15)31-4/h5-6,8,10-11,13H,7,9,12H2,1-4H3,(H,23,28). The van der Waals surface area contributed by atoms with Crippen LogP contribution in [0.25, 0.3) is 16.0 Å². The van der Waals surface area contributed by atoms with Crippen molar-refractivity contribution < 1.29 is 14.3 Å². The minimum atomic E-state index is -0.224. The summed E-state index contributed by atoms with van der Waals surface area (Å²) in [6.07, 6.45) is 0.854. The van der Waals surface area contributed by atoms with Crippen molar-refractivity contribution in [3.63, 3.8) is 0 Å². The first kappa shape index (κ1) is 23.1. The molecule has 1 N–H and O–H groups in total. The summed E-state index contributed by atoms with van der Waals surface area (Å²) in [5.41, 5.74) is 1.22. The number of hydrogen-bond donors (Lipinski definition) is 1. The summed E-state index contributed by atoms with van der Waals surface area (Å²) < 4.78 is 14.7. The summed E-state index contributed by atoms with van der Waals surface area (Å²) in [5.74, 6) is 1.97. The second kappa shape index (κ2) is 9.84. The van der Waals surface area contributed by atoms with Gasteiger partial charge in [0.2, 0.25) is 11.7 Å². The first-order chi connectivity index (χ1) is 15.9. The molecule has 0 bridgehead atoms. The highest BCUT2D eigenvalue weighted by Crippen LogP contribution is 2.30. The zero-order valence-electron chi connectivity index (χ0n) is 18.8. The van der Waals surface area contributed by atoms with Gasteiger partial charge < -0.3 is 14.8 Å². The molecule has 0 aliphatic rings. The Balaban J connectivity index is 1.60. The molecule has 174 valence electrons. The van der Waals surface area contributed by atoms with Gasteiger partial charge in [-0.2, -0.15) is 0 Å². The predicted octanol–water partition coefficient (Wildman–Crippen LogP) is 3.90. The molecule has 0 aliphatic carbocycles. The van der Waals surface area contributed by atoms with E-state index < -0.39 is 0 Å². The van der Waals surface area contributed by atoms with Gasteiger partial charge in [-0.25, -0.2) is 0 Å². The second-order valence-electron chi connectivity index (χ2n) is 7.80. The van der Waals surface area contributed by atoms with E-state index in [1.54, 1.807) is 37.0 Å². The van der Waals surface area contributed by atoms with Crippen LogP contribution < -0.4 is 20.3 Å². The molecule has 0 atom stereocenters. The molecular formula is C22H25N5O4S2. The van der Waals surface area contributed by atoms with Crippen molar-refractivity contribution >= 4 is 50.7 Å². The van der Waals surface area contributed by atoms with Crippen LogP contribution in [0.5, 0.6) is 11.5 Å². The monoisotopic (exact) mass is 487 g/mol. The van der Waals surface area contributed by atoms with Gasteiger partial charge in [0.25, 0.3) is 5.56 Å². The molecular weight excluding hydrogens is 462 g/mol. The fraction of sp³-hybridized carbons (Fsp3) is 0.364. The Hall–Kier alpha value is -3.05. The molecule has 3 heterocycles. The fourth-order valence-corrected chi connectivity index (χ4v) is 4.97. The minimum Gasteiger partial charge on any atom is -0.497 e. The van der Waals surface area contributed by atoms with Crippen molar-refractivity contribution in [1.29, 1.82) is 0 Å². The largest absolute Gasteiger partial charge is 0.497 e. The lowest BCUT2D eigenvalue weighted by molar-refractivity contribution is -0.113. The van der Waals surface area contributed by atoms with Crippen LogP contribution in [0, 0.1) is 5.92 Å². The van der Waals surface area contributed by atoms with E-state index >= 15 is 0 Å². The Bertz CT molecular complexity index is 1360. The van der Waals surface area contributed by atoms with Gasteiger partial charge in [0.05, 0.1) is 31.2 Å². The average Bonchev–Trinajstić information content (AvgIpc) is 3.44. The highest BCUT2D eigenvalue weighted by atomic mass is 32.2. The number of rotatable bonds is 9. The van der Waals surface area contributed by atoms with Gasteiger partial charge in [-0.05, 0) is 35.9 Å². The Labute approximate surface area is 198 Å². The number of ether oxygens (including phenoxy) is 2. The molecule has 9 nitrogen and oxygen atoms in total. The van der Waals surface area contributed by atoms with Crippen LogP contribution in [-0.2, 0) is 11.3 Å². The van der Waals surface area contributed by atoms with Crippen molar-refractivity contribution in [3.8, 4) is 11.5 Å². The third kappa shape index (κ3) is 4.69. The highest BCUT2D eigenvalue weighted by molar-refractivity contribution is 7.99. The topological polar surface area (TPSA) is 99.8 Å². The van der Waals surface area contributed by atoms with Crippen LogP contribution in [0.2, 0.25) is 0 Å². The number of nitrogens with zero attached hydrogens (tertiary/aromatic N) is 4. The third-order valence-corrected chi connectivity index (χ3v) is 6.95. The number of carbonyl (C=O) groups excluding carboxylic acids is 1. The Morgan fingerprint density at radius 1 is 1.21 bits per heavy atom. The van der Waals surface area contributed by atoms with Crippen molar-refractivity contribution in [2.75, 3.05) is 25.3 Å². The number of fused-ring (bicyclic) bond motifs is 3. The molecule has 0 saturated heterocycles. The Morgan fingerprint density at radius 3 is 2.76 bits per heavy atom. The zero-order valence-corrected chi connectivity index (χ0v) is 20.5. The van der Waals surface area contributed by atoms with Crippen LogP contribution in [0.15, 0.2) is 39.6 Å². The minimum absolute atomic E-state index is 0.0556. The van der Waals surface area contributed by atoms with Gasteiger partial charge in [0.15, 0.2) is 5.16 Å². The van der Waals surface area contributed by atoms with E-state index in [4.69, 9.17) is 9.47 Å². The number of methoxy groups -OCH3 is 2. The number of carbonyl (C=O) groups is 1. The van der Waals surface area contributed by atoms with Gasteiger partial charge >= 0.3 is 0 Å². The summed E-state index contributed by atoms with van der Waals surface area (Å²) in [7, 11) is 3.10. The first-order valence-corrected chi connectivity index (χ1v) is 12.3. The van der Waals surface area contributed by atoms with Gasteiger partial charge in [0, 0.05) is 12.6 Å². The number of benzene rings is 1. The maximum absolute atomic E-state index is 13.0. The smallest absolute Gasteiger partial charge is 0.272 e. The van der Waals surface area contributed by atoms with Gasteiger partial charge in [0.1, 0.15) is 16.2 Å². The summed E-state index contributed by atoms with van der Waals surface area (Å²) >= 11 is 2.66. The number of thioether (sulfide) groups is 1. The zero-order chi connectivity index (χ0) is 23.5. The van der Waals surface area contributed by atoms with Crippen LogP contribution >= 0.6 is 23.1 Å². The number of aromatic nitrogens is 4. The fourth-order valence-electron chi connectivity index (χ4n) is 3.41. The second-order valence-corrected chi connectivity index (χ2v) is 9.65. The first-order valence-electron chi connectivity index (χ1n) is 10.4. The number of aryl methyl sites for hydroxylation is 1. The quantitative estimate of drug-likeness (QED) is 0.358. The average molecular weight is 488 g/mol. The van der Waals surface area contributed by atoms with Gasteiger partial charge in [-0.3, -0.25) is 18.6 Å². The molecule has 0 aliphatic heterocycles. The molecule has 4 rings (SSSR count). The van der Waals surface area contributed by atoms with E-state index in [-0.39, 0.29) is 17.2 Å². The molecule has 0 saturated carbocycles. The number of amides is 1. The summed E-state index contributed by atoms with van der Waals surface area (Å²) in [5, 5.41) is 13.9. The number of anilines is 1. The molecule has 0 spiro atoms. The Kier molecular flexibility index (Phi) is 6.89. The van der Waals surface area contributed by atoms with E-state index in [2.05, 4.69) is 29.4 Å². The highest BCUT2D eigenvalue weighted by Gasteiger charge is 2.19. The molecule has 1 aromatic carbocycles. The van der Waals surface area contributed by atoms with Gasteiger partial charge in [-0.15, -0.1) is 21.5 Å². The SMILES string of the molecule is COc1ccc(OC)c(NC(=O)CSc2nnc3n(CCC(C)C)c(=O)c4sccc4n23)c1. The molecule has 4 aromatic rings. The van der Waals surface area contributed by atoms with Crippen molar-refractivity contribution in [3.05, 3.63) is 40.0 Å². The number of hydrogen-bond acceptors (Lipinski definition) is 8. The molecule has 0 radical (unpaired) electrons. The molecule has 1 amide bonds. The lowest BCUT2D eigenvalue weighted by Crippen LogP contribution is -2.23. The summed E-state index contributed by atoms with van der Waals surface area (Å²) in [4.78, 5) is 25.7. The summed E-state index contributed by atoms with van der Waals surface area (Å²) in [6, 6.07) is 7.08. The molecule has 33 heavy (non-hydrogen) atoms. The van der Waals surface area contributed by atoms with Crippen LogP contribution in [0.4, 0.5) is 5.69 Å². The van der Waals surface area contributed by atoms with Crippen LogP contribution in [-0.4, -0.2) is 45.0 Å². The van der Waals surface area contributed by atoms with E-state index in [9.17, 15) is 9.59 Å². The van der Waals surface area contributed by atoms with Gasteiger partial charge in [-0.1, -0.05) is 25.6 Å². The maximum atomic E-state index is 13.0. The Morgan fingerprint density at radius 2 is 2.03 bits per heavy atom. The van der Waals surface area contributed by atoms with E-state index in [0.717, 1.165) is 11.9 Å². The summed E-state index contributed by atoms with van der Waals surface area (Å²) in [6.45, 7) is 4.80. The molecule has 11 heteroatoms. The molecule has 3 aromatic heterocycles. The van der Waals surface area contributed by atoms with Crippen molar-refractivity contribution in [1.82, 2.24) is 19.2 Å². The lowest BCUT2D eigenvalue weighted by Gasteiger charge is -2.12. The van der Waals surface area contributed by atoms with Crippen molar-refractivity contribution in [2.24, 2.45) is 5.92 Å². The predicted molar refractivity (Wildman–Crippen MR) is 131 cm³/mol. The number of thiophene rings is 1. The van der Waals surface area contributed by atoms with E-state index in [1.807, 2.05) is 15.8 Å². The molecule has 0 fully saturated rings.